The minimum atomic E-state index is -0.725. The Bertz CT molecular complexity index is 637. The second-order valence-corrected chi connectivity index (χ2v) is 5.81. The van der Waals surface area contributed by atoms with Crippen molar-refractivity contribution in [3.63, 3.8) is 0 Å². The van der Waals surface area contributed by atoms with E-state index in [1.807, 2.05) is 50.2 Å². The fraction of sp³-hybridized carbons (Fsp3) is 0.368. The fourth-order valence-electron chi connectivity index (χ4n) is 2.70. The lowest BCUT2D eigenvalue weighted by Crippen LogP contribution is -2.40. The Kier molecular flexibility index (Phi) is 5.88. The molecule has 0 amide bonds. The number of hydrogen-bond donors (Lipinski definition) is 2. The average molecular weight is 312 g/mol. The molecule has 23 heavy (non-hydrogen) atoms. The third-order valence-corrected chi connectivity index (χ3v) is 4.49. The van der Waals surface area contributed by atoms with E-state index in [2.05, 4.69) is 16.4 Å². The SMILES string of the molecule is CCC(CC)(CNCc1cccc(-c2ccccn2)c1)C(=O)O. The van der Waals surface area contributed by atoms with Crippen LogP contribution < -0.4 is 5.32 Å². The number of carbonyl (C=O) groups is 1. The minimum absolute atomic E-state index is 0.475. The molecule has 1 aromatic carbocycles. The molecular weight excluding hydrogens is 288 g/mol. The highest BCUT2D eigenvalue weighted by Gasteiger charge is 2.34. The first-order valence-electron chi connectivity index (χ1n) is 8.06. The summed E-state index contributed by atoms with van der Waals surface area (Å²) in [7, 11) is 0. The second-order valence-electron chi connectivity index (χ2n) is 5.81. The highest BCUT2D eigenvalue weighted by molar-refractivity contribution is 5.74. The smallest absolute Gasteiger partial charge is 0.310 e. The zero-order valence-corrected chi connectivity index (χ0v) is 13.7. The summed E-state index contributed by atoms with van der Waals surface area (Å²) in [6, 6.07) is 14.0. The van der Waals surface area contributed by atoms with E-state index in [0.29, 0.717) is 25.9 Å². The van der Waals surface area contributed by atoms with E-state index in [1.54, 1.807) is 6.20 Å². The van der Waals surface area contributed by atoms with Gasteiger partial charge in [0.05, 0.1) is 11.1 Å². The van der Waals surface area contributed by atoms with Crippen molar-refractivity contribution in [1.82, 2.24) is 10.3 Å². The monoisotopic (exact) mass is 312 g/mol. The maximum atomic E-state index is 11.5. The summed E-state index contributed by atoms with van der Waals surface area (Å²) in [5.74, 6) is -0.725. The number of pyridine rings is 1. The lowest BCUT2D eigenvalue weighted by atomic mass is 9.82. The molecule has 122 valence electrons. The van der Waals surface area contributed by atoms with Crippen LogP contribution in [0.1, 0.15) is 32.3 Å². The average Bonchev–Trinajstić information content (AvgIpc) is 2.60. The van der Waals surface area contributed by atoms with E-state index in [4.69, 9.17) is 0 Å². The first kappa shape index (κ1) is 17.2. The van der Waals surface area contributed by atoms with Crippen molar-refractivity contribution in [3.05, 3.63) is 54.2 Å². The molecule has 0 bridgehead atoms. The van der Waals surface area contributed by atoms with Gasteiger partial charge in [-0.3, -0.25) is 9.78 Å². The molecule has 0 aliphatic rings. The molecule has 0 aliphatic heterocycles. The van der Waals surface area contributed by atoms with Crippen LogP contribution in [0.4, 0.5) is 0 Å². The van der Waals surface area contributed by atoms with Crippen LogP contribution in [0, 0.1) is 5.41 Å². The highest BCUT2D eigenvalue weighted by Crippen LogP contribution is 2.26. The molecule has 4 nitrogen and oxygen atoms in total. The van der Waals surface area contributed by atoms with Crippen molar-refractivity contribution in [2.45, 2.75) is 33.2 Å². The summed E-state index contributed by atoms with van der Waals surface area (Å²) in [4.78, 5) is 15.9. The van der Waals surface area contributed by atoms with Gasteiger partial charge in [0.15, 0.2) is 0 Å². The topological polar surface area (TPSA) is 62.2 Å². The standard InChI is InChI=1S/C19H24N2O2/c1-3-19(4-2,18(22)23)14-20-13-15-8-7-9-16(12-15)17-10-5-6-11-21-17/h5-12,20H,3-4,13-14H2,1-2H3,(H,22,23). The highest BCUT2D eigenvalue weighted by atomic mass is 16.4. The van der Waals surface area contributed by atoms with Crippen LogP contribution >= 0.6 is 0 Å². The second kappa shape index (κ2) is 7.88. The summed E-state index contributed by atoms with van der Waals surface area (Å²) < 4.78 is 0. The predicted molar refractivity (Wildman–Crippen MR) is 92.0 cm³/mol. The van der Waals surface area contributed by atoms with Crippen molar-refractivity contribution in [2.24, 2.45) is 5.41 Å². The van der Waals surface area contributed by atoms with Crippen LogP contribution in [-0.2, 0) is 11.3 Å². The zero-order valence-electron chi connectivity index (χ0n) is 13.7. The van der Waals surface area contributed by atoms with Gasteiger partial charge in [-0.1, -0.05) is 38.1 Å². The number of aliphatic carboxylic acids is 1. The Hall–Kier alpha value is -2.20. The van der Waals surface area contributed by atoms with Crippen molar-refractivity contribution in [3.8, 4) is 11.3 Å². The van der Waals surface area contributed by atoms with Crippen molar-refractivity contribution < 1.29 is 9.90 Å². The number of aromatic nitrogens is 1. The Labute approximate surface area is 137 Å². The van der Waals surface area contributed by atoms with Gasteiger partial charge in [-0.25, -0.2) is 0 Å². The summed E-state index contributed by atoms with van der Waals surface area (Å²) in [6.45, 7) is 4.99. The zero-order chi connectivity index (χ0) is 16.7. The molecule has 0 unspecified atom stereocenters. The molecule has 1 aromatic heterocycles. The van der Waals surface area contributed by atoms with Gasteiger partial charge in [-0.2, -0.15) is 0 Å². The van der Waals surface area contributed by atoms with Gasteiger partial charge in [0.25, 0.3) is 0 Å². The lowest BCUT2D eigenvalue weighted by Gasteiger charge is -2.27. The molecule has 0 radical (unpaired) electrons. The molecule has 4 heteroatoms. The van der Waals surface area contributed by atoms with E-state index in [0.717, 1.165) is 16.8 Å². The number of nitrogens with one attached hydrogen (secondary N) is 1. The number of rotatable bonds is 8. The van der Waals surface area contributed by atoms with Crippen LogP contribution in [0.2, 0.25) is 0 Å². The molecular formula is C19H24N2O2. The first-order chi connectivity index (χ1) is 11.1. The maximum Gasteiger partial charge on any atom is 0.310 e. The van der Waals surface area contributed by atoms with Gasteiger partial charge in [0.1, 0.15) is 0 Å². The molecule has 0 spiro atoms. The number of carboxylic acid groups (broad SMARTS) is 1. The van der Waals surface area contributed by atoms with Crippen molar-refractivity contribution >= 4 is 5.97 Å². The van der Waals surface area contributed by atoms with Crippen LogP contribution in [-0.4, -0.2) is 22.6 Å². The summed E-state index contributed by atoms with van der Waals surface area (Å²) in [6.07, 6.45) is 3.03. The number of hydrogen-bond acceptors (Lipinski definition) is 3. The molecule has 2 aromatic rings. The molecule has 0 saturated heterocycles. The fourth-order valence-corrected chi connectivity index (χ4v) is 2.70. The van der Waals surface area contributed by atoms with Gasteiger partial charge in [0, 0.05) is 24.8 Å². The van der Waals surface area contributed by atoms with Gasteiger partial charge in [-0.15, -0.1) is 0 Å². The molecule has 1 heterocycles. The van der Waals surface area contributed by atoms with E-state index < -0.39 is 11.4 Å². The van der Waals surface area contributed by atoms with E-state index in [-0.39, 0.29) is 0 Å². The summed E-state index contributed by atoms with van der Waals surface area (Å²) in [5, 5.41) is 12.8. The minimum Gasteiger partial charge on any atom is -0.481 e. The Morgan fingerprint density at radius 1 is 1.17 bits per heavy atom. The van der Waals surface area contributed by atoms with Crippen molar-refractivity contribution in [2.75, 3.05) is 6.54 Å². The van der Waals surface area contributed by atoms with Crippen LogP contribution in [0.3, 0.4) is 0 Å². The van der Waals surface area contributed by atoms with E-state index in [1.165, 1.54) is 0 Å². The Balaban J connectivity index is 2.03. The molecule has 0 aliphatic carbocycles. The lowest BCUT2D eigenvalue weighted by molar-refractivity contribution is -0.149. The third-order valence-electron chi connectivity index (χ3n) is 4.49. The molecule has 2 rings (SSSR count). The van der Waals surface area contributed by atoms with Gasteiger partial charge < -0.3 is 10.4 Å². The molecule has 0 fully saturated rings. The Morgan fingerprint density at radius 3 is 2.57 bits per heavy atom. The summed E-state index contributed by atoms with van der Waals surface area (Å²) in [5.41, 5.74) is 2.45. The number of nitrogens with zero attached hydrogens (tertiary/aromatic N) is 1. The molecule has 2 N–H and O–H groups in total. The number of benzene rings is 1. The van der Waals surface area contributed by atoms with Crippen LogP contribution in [0.15, 0.2) is 48.7 Å². The van der Waals surface area contributed by atoms with Crippen LogP contribution in [0.5, 0.6) is 0 Å². The van der Waals surface area contributed by atoms with Crippen molar-refractivity contribution in [1.29, 1.82) is 0 Å². The van der Waals surface area contributed by atoms with E-state index in [9.17, 15) is 9.90 Å². The van der Waals surface area contributed by atoms with Crippen LogP contribution in [0.25, 0.3) is 11.3 Å². The quantitative estimate of drug-likeness (QED) is 0.779. The van der Waals surface area contributed by atoms with Gasteiger partial charge in [-0.05, 0) is 36.6 Å². The summed E-state index contributed by atoms with van der Waals surface area (Å²) >= 11 is 0. The molecule has 0 atom stereocenters. The normalized spacial score (nSPS) is 11.4. The van der Waals surface area contributed by atoms with E-state index >= 15 is 0 Å². The number of carboxylic acids is 1. The third kappa shape index (κ3) is 4.17. The predicted octanol–water partition coefficient (Wildman–Crippen LogP) is 3.73. The first-order valence-corrected chi connectivity index (χ1v) is 8.06. The Morgan fingerprint density at radius 2 is 1.96 bits per heavy atom. The van der Waals surface area contributed by atoms with Gasteiger partial charge in [0.2, 0.25) is 0 Å². The maximum absolute atomic E-state index is 11.5. The van der Waals surface area contributed by atoms with Gasteiger partial charge >= 0.3 is 5.97 Å². The molecule has 0 saturated carbocycles. The largest absolute Gasteiger partial charge is 0.481 e.